The molecule has 2 heterocycles. The van der Waals surface area contributed by atoms with Crippen LogP contribution in [0.5, 0.6) is 0 Å². The van der Waals surface area contributed by atoms with E-state index in [9.17, 15) is 0 Å². The van der Waals surface area contributed by atoms with Crippen LogP contribution >= 0.6 is 0 Å². The number of hydrogen-bond acceptors (Lipinski definition) is 3. The molecule has 10 rings (SSSR count). The minimum Gasteiger partial charge on any atom is -0.456 e. The van der Waals surface area contributed by atoms with Crippen LogP contribution in [0.15, 0.2) is 162 Å². The lowest BCUT2D eigenvalue weighted by molar-refractivity contribution is 0.669. The predicted molar refractivity (Wildman–Crippen MR) is 195 cm³/mol. The first-order chi connectivity index (χ1) is 23.3. The van der Waals surface area contributed by atoms with Crippen LogP contribution in [0.3, 0.4) is 0 Å². The molecule has 3 heteroatoms. The van der Waals surface area contributed by atoms with Crippen molar-refractivity contribution in [2.75, 3.05) is 0 Å². The zero-order chi connectivity index (χ0) is 30.9. The fourth-order valence-electron chi connectivity index (χ4n) is 7.20. The fraction of sp³-hybridized carbons (Fsp3) is 0. The second-order valence-corrected chi connectivity index (χ2v) is 12.2. The Bertz CT molecular complexity index is 2760. The van der Waals surface area contributed by atoms with E-state index >= 15 is 0 Å². The van der Waals surface area contributed by atoms with Crippen LogP contribution in [0.2, 0.25) is 0 Å². The minimum absolute atomic E-state index is 0.710. The summed E-state index contributed by atoms with van der Waals surface area (Å²) in [7, 11) is 0. The Morgan fingerprint density at radius 1 is 0.340 bits per heavy atom. The van der Waals surface area contributed by atoms with Crippen LogP contribution < -0.4 is 0 Å². The monoisotopic (exact) mass is 598 g/mol. The fourth-order valence-corrected chi connectivity index (χ4v) is 7.20. The van der Waals surface area contributed by atoms with Crippen molar-refractivity contribution in [1.29, 1.82) is 0 Å². The van der Waals surface area contributed by atoms with Gasteiger partial charge in [-0.2, -0.15) is 0 Å². The molecule has 0 amide bonds. The van der Waals surface area contributed by atoms with Gasteiger partial charge in [0.2, 0.25) is 0 Å². The standard InChI is InChI=1S/C44H26N2O/c1-3-10-27(11-4-1)29-18-20-30(21-19-29)43-35-14-7-8-16-38(35)45-44(46-43)31-22-23-33-36(24-31)34-15-9-17-39-41(34)42-37(33)25-32(26-40(42)47-39)28-12-5-2-6-13-28/h1-26H. The third-order valence-electron chi connectivity index (χ3n) is 9.43. The summed E-state index contributed by atoms with van der Waals surface area (Å²) in [5.74, 6) is 0.710. The predicted octanol–water partition coefficient (Wildman–Crippen LogP) is 11.9. The minimum atomic E-state index is 0.710. The van der Waals surface area contributed by atoms with Crippen molar-refractivity contribution in [2.45, 2.75) is 0 Å². The van der Waals surface area contributed by atoms with E-state index < -0.39 is 0 Å². The summed E-state index contributed by atoms with van der Waals surface area (Å²) in [4.78, 5) is 10.3. The highest BCUT2D eigenvalue weighted by molar-refractivity contribution is 6.33. The van der Waals surface area contributed by atoms with Gasteiger partial charge >= 0.3 is 0 Å². The molecular weight excluding hydrogens is 572 g/mol. The Hall–Kier alpha value is -6.32. The normalized spacial score (nSPS) is 11.8. The van der Waals surface area contributed by atoms with Crippen molar-refractivity contribution in [3.05, 3.63) is 158 Å². The molecule has 10 aromatic rings. The Morgan fingerprint density at radius 2 is 0.957 bits per heavy atom. The van der Waals surface area contributed by atoms with Gasteiger partial charge in [-0.1, -0.05) is 127 Å². The molecule has 0 aliphatic carbocycles. The SMILES string of the molecule is c1ccc(-c2ccc(-c3nc(-c4ccc5c(c4)c4cccc6oc7cc(-c8ccccc8)cc5c7c64)nc4ccccc34)cc2)cc1. The molecule has 0 aliphatic heterocycles. The number of hydrogen-bond donors (Lipinski definition) is 0. The van der Waals surface area contributed by atoms with Crippen LogP contribution in [-0.2, 0) is 0 Å². The molecule has 2 aromatic heterocycles. The molecule has 0 aliphatic rings. The highest BCUT2D eigenvalue weighted by atomic mass is 16.3. The first-order valence-corrected chi connectivity index (χ1v) is 15.9. The van der Waals surface area contributed by atoms with E-state index in [0.717, 1.165) is 44.5 Å². The molecule has 0 spiro atoms. The van der Waals surface area contributed by atoms with Gasteiger partial charge in [0.15, 0.2) is 5.82 Å². The maximum atomic E-state index is 6.49. The van der Waals surface area contributed by atoms with Gasteiger partial charge in [0.1, 0.15) is 11.2 Å². The molecule has 0 atom stereocenters. The van der Waals surface area contributed by atoms with E-state index in [1.54, 1.807) is 0 Å². The lowest BCUT2D eigenvalue weighted by Gasteiger charge is -2.13. The zero-order valence-corrected chi connectivity index (χ0v) is 25.3. The van der Waals surface area contributed by atoms with Gasteiger partial charge in [-0.05, 0) is 74.1 Å². The number of benzene rings is 8. The first kappa shape index (κ1) is 26.0. The Balaban J connectivity index is 1.18. The largest absolute Gasteiger partial charge is 0.456 e. The lowest BCUT2D eigenvalue weighted by atomic mass is 9.91. The van der Waals surface area contributed by atoms with Crippen molar-refractivity contribution < 1.29 is 4.42 Å². The highest BCUT2D eigenvalue weighted by Crippen LogP contribution is 2.45. The smallest absolute Gasteiger partial charge is 0.160 e. The molecule has 47 heavy (non-hydrogen) atoms. The summed E-state index contributed by atoms with van der Waals surface area (Å²) in [6, 6.07) is 55.4. The Kier molecular flexibility index (Phi) is 5.57. The van der Waals surface area contributed by atoms with Crippen LogP contribution in [0, 0.1) is 0 Å². The average molecular weight is 599 g/mol. The van der Waals surface area contributed by atoms with Gasteiger partial charge < -0.3 is 4.42 Å². The zero-order valence-electron chi connectivity index (χ0n) is 25.3. The molecular formula is C44H26N2O. The third-order valence-corrected chi connectivity index (χ3v) is 9.43. The van der Waals surface area contributed by atoms with Crippen LogP contribution in [0.4, 0.5) is 0 Å². The molecule has 0 fully saturated rings. The van der Waals surface area contributed by atoms with Crippen molar-refractivity contribution in [3.63, 3.8) is 0 Å². The number of rotatable bonds is 4. The van der Waals surface area contributed by atoms with Gasteiger partial charge in [-0.3, -0.25) is 0 Å². The van der Waals surface area contributed by atoms with Crippen molar-refractivity contribution in [2.24, 2.45) is 0 Å². The number of fused-ring (bicyclic) bond motifs is 4. The summed E-state index contributed by atoms with van der Waals surface area (Å²) in [6.07, 6.45) is 0. The molecule has 0 unspecified atom stereocenters. The van der Waals surface area contributed by atoms with Crippen molar-refractivity contribution in [3.8, 4) is 44.9 Å². The quantitative estimate of drug-likeness (QED) is 0.189. The molecule has 0 saturated carbocycles. The molecule has 3 nitrogen and oxygen atoms in total. The number of furan rings is 1. The van der Waals surface area contributed by atoms with E-state index in [1.165, 1.54) is 49.0 Å². The Morgan fingerprint density at radius 3 is 1.77 bits per heavy atom. The van der Waals surface area contributed by atoms with E-state index in [1.807, 2.05) is 12.1 Å². The molecule has 0 radical (unpaired) electrons. The van der Waals surface area contributed by atoms with Crippen LogP contribution in [0.1, 0.15) is 0 Å². The van der Waals surface area contributed by atoms with Gasteiger partial charge in [0.25, 0.3) is 0 Å². The second kappa shape index (κ2) is 10.1. The maximum absolute atomic E-state index is 6.49. The lowest BCUT2D eigenvalue weighted by Crippen LogP contribution is -1.95. The highest BCUT2D eigenvalue weighted by Gasteiger charge is 2.20. The second-order valence-electron chi connectivity index (χ2n) is 12.2. The average Bonchev–Trinajstić information content (AvgIpc) is 3.53. The summed E-state index contributed by atoms with van der Waals surface area (Å²) >= 11 is 0. The van der Waals surface area contributed by atoms with Crippen LogP contribution in [-0.4, -0.2) is 9.97 Å². The topological polar surface area (TPSA) is 38.9 Å². The summed E-state index contributed by atoms with van der Waals surface area (Å²) in [6.45, 7) is 0. The van der Waals surface area contributed by atoms with Gasteiger partial charge in [-0.25, -0.2) is 9.97 Å². The van der Waals surface area contributed by atoms with Gasteiger partial charge in [0, 0.05) is 27.3 Å². The molecule has 8 aromatic carbocycles. The van der Waals surface area contributed by atoms with Crippen molar-refractivity contribution in [1.82, 2.24) is 9.97 Å². The van der Waals surface area contributed by atoms with Gasteiger partial charge in [-0.15, -0.1) is 0 Å². The summed E-state index contributed by atoms with van der Waals surface area (Å²) in [5.41, 5.74) is 10.4. The molecule has 0 N–H and O–H groups in total. The van der Waals surface area contributed by atoms with Crippen molar-refractivity contribution >= 4 is 54.4 Å². The number of nitrogens with zero attached hydrogens (tertiary/aromatic N) is 2. The van der Waals surface area contributed by atoms with Crippen LogP contribution in [0.25, 0.3) is 99.3 Å². The molecule has 218 valence electrons. The number of para-hydroxylation sites is 1. The Labute approximate surface area is 270 Å². The van der Waals surface area contributed by atoms with E-state index in [0.29, 0.717) is 5.82 Å². The molecule has 0 bridgehead atoms. The summed E-state index contributed by atoms with van der Waals surface area (Å²) < 4.78 is 6.49. The number of aromatic nitrogens is 2. The van der Waals surface area contributed by atoms with Gasteiger partial charge in [0.05, 0.1) is 11.2 Å². The van der Waals surface area contributed by atoms with E-state index in [-0.39, 0.29) is 0 Å². The van der Waals surface area contributed by atoms with E-state index in [4.69, 9.17) is 14.4 Å². The third kappa shape index (κ3) is 4.07. The summed E-state index contributed by atoms with van der Waals surface area (Å²) in [5, 5.41) is 8.11. The maximum Gasteiger partial charge on any atom is 0.160 e. The molecule has 0 saturated heterocycles. The van der Waals surface area contributed by atoms with E-state index in [2.05, 4.69) is 146 Å². The first-order valence-electron chi connectivity index (χ1n) is 15.9.